The van der Waals surface area contributed by atoms with Gasteiger partial charge in [0.05, 0.1) is 5.92 Å². The predicted octanol–water partition coefficient (Wildman–Crippen LogP) is 2.78. The van der Waals surface area contributed by atoms with Crippen molar-refractivity contribution in [3.05, 3.63) is 34.9 Å². The molecule has 0 spiro atoms. The van der Waals surface area contributed by atoms with E-state index in [9.17, 15) is 9.59 Å². The molecule has 0 saturated carbocycles. The van der Waals surface area contributed by atoms with E-state index in [4.69, 9.17) is 0 Å². The Kier molecular flexibility index (Phi) is 4.69. The van der Waals surface area contributed by atoms with E-state index in [1.807, 2.05) is 35.8 Å². The van der Waals surface area contributed by atoms with Crippen LogP contribution in [0.2, 0.25) is 0 Å². The average molecular weight is 314 g/mol. The summed E-state index contributed by atoms with van der Waals surface area (Å²) in [5, 5.41) is 0. The molecule has 0 N–H and O–H groups in total. The van der Waals surface area contributed by atoms with E-state index < -0.39 is 0 Å². The Bertz CT molecular complexity index is 585. The standard InChI is InChI=1S/C19H26N2O2/c1-14-10-15(2)12-17(11-14)19(23)21-9-5-6-16(13-21)18(22)20-7-3-4-8-20/h10-12,16H,3-9,13H2,1-2H3/t16-/m0/s1. The minimum atomic E-state index is -0.0169. The number of amides is 2. The second-order valence-electron chi connectivity index (χ2n) is 7.00. The third kappa shape index (κ3) is 3.57. The van der Waals surface area contributed by atoms with Gasteiger partial charge in [0.15, 0.2) is 0 Å². The molecule has 2 fully saturated rings. The fourth-order valence-corrected chi connectivity index (χ4v) is 3.84. The molecule has 0 radical (unpaired) electrons. The molecule has 124 valence electrons. The Balaban J connectivity index is 1.70. The second-order valence-corrected chi connectivity index (χ2v) is 7.00. The predicted molar refractivity (Wildman–Crippen MR) is 90.4 cm³/mol. The summed E-state index contributed by atoms with van der Waals surface area (Å²) < 4.78 is 0. The van der Waals surface area contributed by atoms with Crippen molar-refractivity contribution in [2.75, 3.05) is 26.2 Å². The number of carbonyl (C=O) groups excluding carboxylic acids is 2. The number of likely N-dealkylation sites (tertiary alicyclic amines) is 2. The van der Waals surface area contributed by atoms with Crippen molar-refractivity contribution in [3.63, 3.8) is 0 Å². The molecular weight excluding hydrogens is 288 g/mol. The average Bonchev–Trinajstić information content (AvgIpc) is 3.07. The number of hydrogen-bond donors (Lipinski definition) is 0. The van der Waals surface area contributed by atoms with Crippen LogP contribution in [0.1, 0.15) is 47.2 Å². The number of carbonyl (C=O) groups is 2. The van der Waals surface area contributed by atoms with Crippen molar-refractivity contribution >= 4 is 11.8 Å². The number of nitrogens with zero attached hydrogens (tertiary/aromatic N) is 2. The molecule has 4 nitrogen and oxygen atoms in total. The molecule has 2 amide bonds. The van der Waals surface area contributed by atoms with E-state index in [1.54, 1.807) is 0 Å². The van der Waals surface area contributed by atoms with E-state index in [1.165, 1.54) is 0 Å². The van der Waals surface area contributed by atoms with Gasteiger partial charge in [0, 0.05) is 31.7 Å². The highest BCUT2D eigenvalue weighted by Gasteiger charge is 2.32. The van der Waals surface area contributed by atoms with Gasteiger partial charge in [-0.15, -0.1) is 0 Å². The number of hydrogen-bond acceptors (Lipinski definition) is 2. The van der Waals surface area contributed by atoms with Crippen LogP contribution in [0.4, 0.5) is 0 Å². The van der Waals surface area contributed by atoms with Gasteiger partial charge in [-0.25, -0.2) is 0 Å². The van der Waals surface area contributed by atoms with Gasteiger partial charge in [-0.1, -0.05) is 17.2 Å². The Labute approximate surface area is 138 Å². The highest BCUT2D eigenvalue weighted by molar-refractivity contribution is 5.95. The third-order valence-electron chi connectivity index (χ3n) is 4.94. The van der Waals surface area contributed by atoms with Crippen molar-refractivity contribution in [3.8, 4) is 0 Å². The molecule has 1 aromatic rings. The van der Waals surface area contributed by atoms with Crippen LogP contribution in [0.5, 0.6) is 0 Å². The molecule has 23 heavy (non-hydrogen) atoms. The second kappa shape index (κ2) is 6.73. The maximum absolute atomic E-state index is 12.8. The molecule has 4 heteroatoms. The first-order valence-electron chi connectivity index (χ1n) is 8.71. The zero-order chi connectivity index (χ0) is 16.4. The SMILES string of the molecule is Cc1cc(C)cc(C(=O)N2CCC[C@H](C(=O)N3CCCC3)C2)c1. The molecule has 2 aliphatic heterocycles. The van der Waals surface area contributed by atoms with Gasteiger partial charge in [0.2, 0.25) is 5.91 Å². The fraction of sp³-hybridized carbons (Fsp3) is 0.579. The van der Waals surface area contributed by atoms with Gasteiger partial charge in [-0.05, 0) is 51.7 Å². The Morgan fingerprint density at radius 1 is 0.913 bits per heavy atom. The van der Waals surface area contributed by atoms with Gasteiger partial charge in [0.25, 0.3) is 5.91 Å². The van der Waals surface area contributed by atoms with E-state index in [0.717, 1.165) is 62.0 Å². The summed E-state index contributed by atoms with van der Waals surface area (Å²) in [5.74, 6) is 0.299. The zero-order valence-electron chi connectivity index (χ0n) is 14.2. The number of piperidine rings is 1. The molecule has 0 aliphatic carbocycles. The molecule has 2 heterocycles. The molecule has 2 aliphatic rings. The smallest absolute Gasteiger partial charge is 0.253 e. The first kappa shape index (κ1) is 16.0. The van der Waals surface area contributed by atoms with Crippen LogP contribution >= 0.6 is 0 Å². The Morgan fingerprint density at radius 3 is 2.17 bits per heavy atom. The summed E-state index contributed by atoms with van der Waals surface area (Å²) in [6.45, 7) is 7.14. The minimum Gasteiger partial charge on any atom is -0.342 e. The van der Waals surface area contributed by atoms with Crippen LogP contribution in [0, 0.1) is 19.8 Å². The van der Waals surface area contributed by atoms with Crippen LogP contribution in [0.25, 0.3) is 0 Å². The maximum Gasteiger partial charge on any atom is 0.253 e. The first-order chi connectivity index (χ1) is 11.0. The van der Waals surface area contributed by atoms with Gasteiger partial charge >= 0.3 is 0 Å². The lowest BCUT2D eigenvalue weighted by atomic mass is 9.95. The number of benzene rings is 1. The molecule has 0 aromatic heterocycles. The molecule has 2 saturated heterocycles. The lowest BCUT2D eigenvalue weighted by Crippen LogP contribution is -2.46. The lowest BCUT2D eigenvalue weighted by molar-refractivity contribution is -0.135. The van der Waals surface area contributed by atoms with E-state index in [-0.39, 0.29) is 17.7 Å². The van der Waals surface area contributed by atoms with Crippen LogP contribution in [0.15, 0.2) is 18.2 Å². The van der Waals surface area contributed by atoms with Crippen molar-refractivity contribution in [2.45, 2.75) is 39.5 Å². The van der Waals surface area contributed by atoms with E-state index in [0.29, 0.717) is 6.54 Å². The molecule has 1 aromatic carbocycles. The highest BCUT2D eigenvalue weighted by Crippen LogP contribution is 2.23. The normalized spacial score (nSPS) is 21.6. The summed E-state index contributed by atoms with van der Waals surface area (Å²) in [5.41, 5.74) is 2.96. The quantitative estimate of drug-likeness (QED) is 0.842. The topological polar surface area (TPSA) is 40.6 Å². The van der Waals surface area contributed by atoms with Crippen LogP contribution in [0.3, 0.4) is 0 Å². The van der Waals surface area contributed by atoms with Gasteiger partial charge in [-0.3, -0.25) is 9.59 Å². The van der Waals surface area contributed by atoms with E-state index in [2.05, 4.69) is 6.07 Å². The fourth-order valence-electron chi connectivity index (χ4n) is 3.84. The highest BCUT2D eigenvalue weighted by atomic mass is 16.2. The van der Waals surface area contributed by atoms with Gasteiger partial charge in [-0.2, -0.15) is 0 Å². The molecular formula is C19H26N2O2. The van der Waals surface area contributed by atoms with Crippen molar-refractivity contribution in [1.82, 2.24) is 9.80 Å². The Morgan fingerprint density at radius 2 is 1.52 bits per heavy atom. The molecule has 3 rings (SSSR count). The monoisotopic (exact) mass is 314 g/mol. The summed E-state index contributed by atoms with van der Waals surface area (Å²) >= 11 is 0. The third-order valence-corrected chi connectivity index (χ3v) is 4.94. The zero-order valence-corrected chi connectivity index (χ0v) is 14.2. The first-order valence-corrected chi connectivity index (χ1v) is 8.71. The summed E-state index contributed by atoms with van der Waals surface area (Å²) in [4.78, 5) is 29.2. The van der Waals surface area contributed by atoms with Crippen LogP contribution in [-0.2, 0) is 4.79 Å². The lowest BCUT2D eigenvalue weighted by Gasteiger charge is -2.34. The Hall–Kier alpha value is -1.84. The summed E-state index contributed by atoms with van der Waals surface area (Å²) in [6, 6.07) is 5.97. The van der Waals surface area contributed by atoms with Crippen LogP contribution < -0.4 is 0 Å². The summed E-state index contributed by atoms with van der Waals surface area (Å²) in [7, 11) is 0. The molecule has 0 unspecified atom stereocenters. The van der Waals surface area contributed by atoms with Gasteiger partial charge in [0.1, 0.15) is 0 Å². The van der Waals surface area contributed by atoms with Crippen LogP contribution in [-0.4, -0.2) is 47.8 Å². The largest absolute Gasteiger partial charge is 0.342 e. The molecule has 0 bridgehead atoms. The van der Waals surface area contributed by atoms with Crippen molar-refractivity contribution < 1.29 is 9.59 Å². The molecule has 1 atom stereocenters. The van der Waals surface area contributed by atoms with Gasteiger partial charge < -0.3 is 9.80 Å². The minimum absolute atomic E-state index is 0.0169. The number of aryl methyl sites for hydroxylation is 2. The van der Waals surface area contributed by atoms with Crippen molar-refractivity contribution in [2.24, 2.45) is 5.92 Å². The summed E-state index contributed by atoms with van der Waals surface area (Å²) in [6.07, 6.45) is 4.06. The van der Waals surface area contributed by atoms with E-state index >= 15 is 0 Å². The number of rotatable bonds is 2. The maximum atomic E-state index is 12.8. The van der Waals surface area contributed by atoms with Crippen molar-refractivity contribution in [1.29, 1.82) is 0 Å².